The summed E-state index contributed by atoms with van der Waals surface area (Å²) in [5, 5.41) is 8.56. The van der Waals surface area contributed by atoms with Gasteiger partial charge in [-0.25, -0.2) is 0 Å². The summed E-state index contributed by atoms with van der Waals surface area (Å²) in [5.74, 6) is -1.02. The third-order valence-corrected chi connectivity index (χ3v) is 3.43. The quantitative estimate of drug-likeness (QED) is 0.683. The fourth-order valence-electron chi connectivity index (χ4n) is 2.37. The lowest BCUT2D eigenvalue weighted by atomic mass is 9.91. The van der Waals surface area contributed by atoms with Crippen molar-refractivity contribution < 1.29 is 14.7 Å². The van der Waals surface area contributed by atoms with Crippen LogP contribution in [0.25, 0.3) is 0 Å². The van der Waals surface area contributed by atoms with Crippen molar-refractivity contribution in [3.63, 3.8) is 0 Å². The van der Waals surface area contributed by atoms with Crippen LogP contribution < -0.4 is 11.5 Å². The molecular weight excluding hydrogens is 292 g/mol. The molecule has 1 rings (SSSR count). The smallest absolute Gasteiger partial charge is 0.303 e. The Hall–Kier alpha value is -1.88. The van der Waals surface area contributed by atoms with Gasteiger partial charge in [0, 0.05) is 18.9 Å². The number of carboxylic acids is 1. The molecule has 0 saturated heterocycles. The Balaban J connectivity index is 0.000000433. The highest BCUT2D eigenvalue weighted by Crippen LogP contribution is 2.18. The zero-order valence-corrected chi connectivity index (χ0v) is 14.4. The number of amides is 1. The number of benzene rings is 1. The van der Waals surface area contributed by atoms with Gasteiger partial charge in [-0.15, -0.1) is 0 Å². The van der Waals surface area contributed by atoms with Crippen LogP contribution in [0.5, 0.6) is 0 Å². The molecule has 23 heavy (non-hydrogen) atoms. The Kier molecular flexibility index (Phi) is 10.7. The van der Waals surface area contributed by atoms with Gasteiger partial charge in [-0.3, -0.25) is 9.59 Å². The first-order valence-corrected chi connectivity index (χ1v) is 8.06. The molecule has 0 bridgehead atoms. The zero-order valence-electron chi connectivity index (χ0n) is 14.4. The van der Waals surface area contributed by atoms with Crippen molar-refractivity contribution in [2.24, 2.45) is 23.3 Å². The summed E-state index contributed by atoms with van der Waals surface area (Å²) in [6.45, 7) is 6.09. The molecule has 2 atom stereocenters. The van der Waals surface area contributed by atoms with Crippen molar-refractivity contribution in [2.75, 3.05) is 0 Å². The zero-order chi connectivity index (χ0) is 17.8. The standard InChI is InChI=1S/C9H17NO3.C9H13N/c1-6(2)3-7(4-8(10)11)5-9(12)13;1-2-9(10)8-6-4-3-5-7-8/h6-7H,3-5H2,1-2H3,(H2,10,11)(H,12,13);3-7,9H,2,10H2,1H3. The van der Waals surface area contributed by atoms with Gasteiger partial charge in [0.2, 0.25) is 5.91 Å². The lowest BCUT2D eigenvalue weighted by Gasteiger charge is -2.14. The second kappa shape index (κ2) is 11.7. The maximum absolute atomic E-state index is 10.6. The Morgan fingerprint density at radius 2 is 1.70 bits per heavy atom. The van der Waals surface area contributed by atoms with E-state index in [1.807, 2.05) is 32.0 Å². The van der Waals surface area contributed by atoms with E-state index in [9.17, 15) is 9.59 Å². The van der Waals surface area contributed by atoms with Gasteiger partial charge in [0.05, 0.1) is 0 Å². The van der Waals surface area contributed by atoms with E-state index in [4.69, 9.17) is 16.6 Å². The van der Waals surface area contributed by atoms with E-state index < -0.39 is 11.9 Å². The number of carbonyl (C=O) groups excluding carboxylic acids is 1. The molecule has 1 amide bonds. The summed E-state index contributed by atoms with van der Waals surface area (Å²) in [5.41, 5.74) is 12.0. The van der Waals surface area contributed by atoms with Gasteiger partial charge in [0.1, 0.15) is 0 Å². The van der Waals surface area contributed by atoms with E-state index >= 15 is 0 Å². The van der Waals surface area contributed by atoms with Crippen LogP contribution in [0, 0.1) is 11.8 Å². The van der Waals surface area contributed by atoms with Crippen LogP contribution in [0.3, 0.4) is 0 Å². The molecule has 5 N–H and O–H groups in total. The van der Waals surface area contributed by atoms with E-state index in [2.05, 4.69) is 19.1 Å². The van der Waals surface area contributed by atoms with Crippen LogP contribution in [0.4, 0.5) is 0 Å². The van der Waals surface area contributed by atoms with Gasteiger partial charge in [-0.1, -0.05) is 51.1 Å². The van der Waals surface area contributed by atoms with Crippen LogP contribution >= 0.6 is 0 Å². The number of nitrogens with two attached hydrogens (primary N) is 2. The number of hydrogen-bond donors (Lipinski definition) is 3. The van der Waals surface area contributed by atoms with E-state index in [1.54, 1.807) is 0 Å². The fraction of sp³-hybridized carbons (Fsp3) is 0.556. The van der Waals surface area contributed by atoms with Crippen LogP contribution in [0.2, 0.25) is 0 Å². The van der Waals surface area contributed by atoms with Gasteiger partial charge in [-0.2, -0.15) is 0 Å². The van der Waals surface area contributed by atoms with Crippen LogP contribution in [0.15, 0.2) is 30.3 Å². The van der Waals surface area contributed by atoms with E-state index in [-0.39, 0.29) is 24.8 Å². The monoisotopic (exact) mass is 322 g/mol. The molecule has 0 aliphatic rings. The third kappa shape index (κ3) is 11.4. The number of carboxylic acid groups (broad SMARTS) is 1. The first-order valence-electron chi connectivity index (χ1n) is 8.06. The summed E-state index contributed by atoms with van der Waals surface area (Å²) in [6, 6.07) is 10.4. The van der Waals surface area contributed by atoms with E-state index in [0.29, 0.717) is 5.92 Å². The molecule has 0 radical (unpaired) electrons. The molecule has 2 unspecified atom stereocenters. The first-order chi connectivity index (χ1) is 10.8. The Morgan fingerprint density at radius 1 is 1.13 bits per heavy atom. The van der Waals surface area contributed by atoms with Gasteiger partial charge in [-0.05, 0) is 30.2 Å². The second-order valence-corrected chi connectivity index (χ2v) is 6.19. The predicted octanol–water partition coefficient (Wildman–Crippen LogP) is 3.10. The Morgan fingerprint density at radius 3 is 2.09 bits per heavy atom. The van der Waals surface area contributed by atoms with Crippen molar-refractivity contribution in [1.29, 1.82) is 0 Å². The minimum Gasteiger partial charge on any atom is -0.481 e. The van der Waals surface area contributed by atoms with Gasteiger partial charge >= 0.3 is 5.97 Å². The van der Waals surface area contributed by atoms with Crippen molar-refractivity contribution in [1.82, 2.24) is 0 Å². The maximum Gasteiger partial charge on any atom is 0.303 e. The van der Waals surface area contributed by atoms with Crippen molar-refractivity contribution in [3.8, 4) is 0 Å². The summed E-state index contributed by atoms with van der Waals surface area (Å²) >= 11 is 0. The lowest BCUT2D eigenvalue weighted by Crippen LogP contribution is -2.19. The molecule has 0 fully saturated rings. The minimum atomic E-state index is -0.869. The fourth-order valence-corrected chi connectivity index (χ4v) is 2.37. The summed E-state index contributed by atoms with van der Waals surface area (Å²) in [6.07, 6.45) is 1.94. The van der Waals surface area contributed by atoms with Gasteiger partial charge in [0.15, 0.2) is 0 Å². The molecule has 1 aromatic rings. The van der Waals surface area contributed by atoms with Crippen LogP contribution in [-0.2, 0) is 9.59 Å². The Bertz CT molecular complexity index is 445. The topological polar surface area (TPSA) is 106 Å². The average Bonchev–Trinajstić information content (AvgIpc) is 2.46. The molecule has 5 nitrogen and oxygen atoms in total. The SMILES string of the molecule is CC(C)CC(CC(N)=O)CC(=O)O.CCC(N)c1ccccc1. The highest BCUT2D eigenvalue weighted by atomic mass is 16.4. The molecule has 0 spiro atoms. The average molecular weight is 322 g/mol. The van der Waals surface area contributed by atoms with E-state index in [1.165, 1.54) is 5.56 Å². The van der Waals surface area contributed by atoms with Gasteiger partial charge < -0.3 is 16.6 Å². The minimum absolute atomic E-state index is 0.0289. The van der Waals surface area contributed by atoms with Crippen molar-refractivity contribution in [2.45, 2.75) is 52.5 Å². The van der Waals surface area contributed by atoms with Gasteiger partial charge in [0.25, 0.3) is 0 Å². The first kappa shape index (κ1) is 21.1. The number of aliphatic carboxylic acids is 1. The van der Waals surface area contributed by atoms with Crippen LogP contribution in [0.1, 0.15) is 58.1 Å². The lowest BCUT2D eigenvalue weighted by molar-refractivity contribution is -0.138. The van der Waals surface area contributed by atoms with Crippen molar-refractivity contribution in [3.05, 3.63) is 35.9 Å². The molecule has 0 saturated carbocycles. The highest BCUT2D eigenvalue weighted by molar-refractivity contribution is 5.75. The summed E-state index contributed by atoms with van der Waals surface area (Å²) < 4.78 is 0. The largest absolute Gasteiger partial charge is 0.481 e. The normalized spacial score (nSPS) is 12.9. The predicted molar refractivity (Wildman–Crippen MR) is 92.7 cm³/mol. The molecule has 0 aliphatic heterocycles. The molecule has 1 aromatic carbocycles. The molecular formula is C18H30N2O3. The number of hydrogen-bond acceptors (Lipinski definition) is 3. The van der Waals surface area contributed by atoms with E-state index in [0.717, 1.165) is 12.8 Å². The molecule has 0 heterocycles. The van der Waals surface area contributed by atoms with Crippen molar-refractivity contribution >= 4 is 11.9 Å². The second-order valence-electron chi connectivity index (χ2n) is 6.19. The summed E-state index contributed by atoms with van der Waals surface area (Å²) in [4.78, 5) is 21.0. The highest BCUT2D eigenvalue weighted by Gasteiger charge is 2.16. The number of primary amides is 1. The maximum atomic E-state index is 10.6. The molecule has 0 aromatic heterocycles. The number of rotatable bonds is 8. The van der Waals surface area contributed by atoms with Crippen LogP contribution in [-0.4, -0.2) is 17.0 Å². The third-order valence-electron chi connectivity index (χ3n) is 3.43. The Labute approximate surface area is 139 Å². The molecule has 5 heteroatoms. The molecule has 0 aliphatic carbocycles. The molecule has 130 valence electrons. The summed E-state index contributed by atoms with van der Waals surface area (Å²) in [7, 11) is 0. The number of carbonyl (C=O) groups is 2.